The number of hydrogen-bond acceptors (Lipinski definition) is 4. The van der Waals surface area contributed by atoms with E-state index in [1.807, 2.05) is 0 Å². The Morgan fingerprint density at radius 2 is 2.00 bits per heavy atom. The van der Waals surface area contributed by atoms with Crippen LogP contribution >= 0.6 is 0 Å². The van der Waals surface area contributed by atoms with Crippen LogP contribution in [0.3, 0.4) is 0 Å². The summed E-state index contributed by atoms with van der Waals surface area (Å²) < 4.78 is 0. The highest BCUT2D eigenvalue weighted by molar-refractivity contribution is 5.78. The van der Waals surface area contributed by atoms with E-state index in [1.54, 1.807) is 0 Å². The second-order valence-electron chi connectivity index (χ2n) is 8.80. The number of piperidine rings is 1. The Labute approximate surface area is 158 Å². The quantitative estimate of drug-likeness (QED) is 0.601. The summed E-state index contributed by atoms with van der Waals surface area (Å²) >= 11 is 0. The van der Waals surface area contributed by atoms with Crippen LogP contribution in [-0.2, 0) is 10.3 Å². The van der Waals surface area contributed by atoms with E-state index in [9.17, 15) is 9.90 Å². The average Bonchev–Trinajstić information content (AvgIpc) is 2.57. The summed E-state index contributed by atoms with van der Waals surface area (Å²) in [4.78, 5) is 12.1. The molecule has 1 aliphatic rings. The Bertz CT molecular complexity index is 610. The summed E-state index contributed by atoms with van der Waals surface area (Å²) in [5.74, 6) is 0.493. The maximum absolute atomic E-state index is 12.1. The zero-order valence-corrected chi connectivity index (χ0v) is 16.9. The highest BCUT2D eigenvalue weighted by Crippen LogP contribution is 2.32. The van der Waals surface area contributed by atoms with Gasteiger partial charge in [0.25, 0.3) is 0 Å². The number of benzene rings is 1. The van der Waals surface area contributed by atoms with Crippen LogP contribution in [-0.4, -0.2) is 42.3 Å². The fourth-order valence-corrected chi connectivity index (χ4v) is 3.34. The number of rotatable bonds is 7. The van der Waals surface area contributed by atoms with Gasteiger partial charge in [-0.2, -0.15) is 0 Å². The smallest absolute Gasteiger partial charge is 0.222 e. The Morgan fingerprint density at radius 3 is 2.62 bits per heavy atom. The molecular weight excluding hydrogens is 326 g/mol. The molecule has 1 amide bonds. The molecule has 0 bridgehead atoms. The molecule has 0 aliphatic carbocycles. The van der Waals surface area contributed by atoms with Gasteiger partial charge in [-0.25, -0.2) is 0 Å². The first-order chi connectivity index (χ1) is 12.1. The fraction of sp³-hybridized carbons (Fsp3) is 0.667. The molecule has 1 saturated heterocycles. The van der Waals surface area contributed by atoms with Gasteiger partial charge in [0, 0.05) is 31.6 Å². The molecule has 4 N–H and O–H groups in total. The molecule has 1 aliphatic heterocycles. The average molecular weight is 362 g/mol. The molecule has 5 nitrogen and oxygen atoms in total. The summed E-state index contributed by atoms with van der Waals surface area (Å²) in [5, 5.41) is 20.2. The Hall–Kier alpha value is -1.43. The fourth-order valence-electron chi connectivity index (χ4n) is 3.34. The number of carbonyl (C=O) groups excluding carboxylic acids is 1. The molecule has 0 aromatic heterocycles. The molecule has 1 aromatic carbocycles. The minimum Gasteiger partial charge on any atom is -0.390 e. The molecule has 0 spiro atoms. The zero-order valence-electron chi connectivity index (χ0n) is 16.9. The van der Waals surface area contributed by atoms with E-state index in [4.69, 9.17) is 0 Å². The number of aliphatic hydroxyl groups excluding tert-OH is 1. The van der Waals surface area contributed by atoms with Crippen molar-refractivity contribution in [2.24, 2.45) is 0 Å². The highest BCUT2D eigenvalue weighted by Gasteiger charge is 2.37. The van der Waals surface area contributed by atoms with Crippen LogP contribution in [0.1, 0.15) is 64.5 Å². The van der Waals surface area contributed by atoms with E-state index in [0.29, 0.717) is 32.0 Å². The summed E-state index contributed by atoms with van der Waals surface area (Å²) in [5.41, 5.74) is 1.95. The first kappa shape index (κ1) is 20.9. The largest absolute Gasteiger partial charge is 0.390 e. The minimum atomic E-state index is -0.510. The molecule has 26 heavy (non-hydrogen) atoms. The third kappa shape index (κ3) is 5.79. The number of β-amino-alcohol motifs (C(OH)–C–C–N with tert-alkyl or cyclic N) is 1. The first-order valence-corrected chi connectivity index (χ1v) is 9.66. The minimum absolute atomic E-state index is 0.0328. The van der Waals surface area contributed by atoms with Gasteiger partial charge < -0.3 is 21.1 Å². The SMILES string of the molecule is CC(C)c1cccc(C2(NC[C@@H](O)CNC(C)(C)C)CCNC(=O)C2)c1. The van der Waals surface area contributed by atoms with E-state index >= 15 is 0 Å². The van der Waals surface area contributed by atoms with Crippen molar-refractivity contribution in [3.05, 3.63) is 35.4 Å². The van der Waals surface area contributed by atoms with E-state index in [-0.39, 0.29) is 11.4 Å². The van der Waals surface area contributed by atoms with Crippen LogP contribution in [0.5, 0.6) is 0 Å². The van der Waals surface area contributed by atoms with Crippen molar-refractivity contribution in [3.8, 4) is 0 Å². The number of hydrogen-bond donors (Lipinski definition) is 4. The van der Waals surface area contributed by atoms with Gasteiger partial charge in [-0.05, 0) is 44.2 Å². The van der Waals surface area contributed by atoms with Crippen molar-refractivity contribution in [1.82, 2.24) is 16.0 Å². The lowest BCUT2D eigenvalue weighted by Crippen LogP contribution is -2.55. The molecule has 0 saturated carbocycles. The molecule has 1 aromatic rings. The van der Waals surface area contributed by atoms with Gasteiger partial charge in [0.1, 0.15) is 0 Å². The van der Waals surface area contributed by atoms with Crippen LogP contribution < -0.4 is 16.0 Å². The number of amides is 1. The Balaban J connectivity index is 2.15. The van der Waals surface area contributed by atoms with Crippen LogP contribution in [0.2, 0.25) is 0 Å². The van der Waals surface area contributed by atoms with Crippen LogP contribution in [0.15, 0.2) is 24.3 Å². The molecule has 1 fully saturated rings. The van der Waals surface area contributed by atoms with E-state index in [0.717, 1.165) is 12.0 Å². The molecule has 5 heteroatoms. The first-order valence-electron chi connectivity index (χ1n) is 9.66. The number of aliphatic hydroxyl groups is 1. The summed E-state index contributed by atoms with van der Waals surface area (Å²) in [6, 6.07) is 8.50. The van der Waals surface area contributed by atoms with Gasteiger partial charge >= 0.3 is 0 Å². The monoisotopic (exact) mass is 361 g/mol. The maximum Gasteiger partial charge on any atom is 0.222 e. The molecular formula is C21H35N3O2. The van der Waals surface area contributed by atoms with Gasteiger partial charge in [-0.15, -0.1) is 0 Å². The summed E-state index contributed by atoms with van der Waals surface area (Å²) in [7, 11) is 0. The van der Waals surface area contributed by atoms with Crippen molar-refractivity contribution in [2.45, 2.75) is 70.6 Å². The maximum atomic E-state index is 12.1. The van der Waals surface area contributed by atoms with Gasteiger partial charge in [0.05, 0.1) is 11.6 Å². The van der Waals surface area contributed by atoms with Crippen LogP contribution in [0.4, 0.5) is 0 Å². The van der Waals surface area contributed by atoms with Gasteiger partial charge in [-0.1, -0.05) is 38.1 Å². The van der Waals surface area contributed by atoms with Crippen LogP contribution in [0, 0.1) is 0 Å². The van der Waals surface area contributed by atoms with Gasteiger partial charge in [-0.3, -0.25) is 4.79 Å². The van der Waals surface area contributed by atoms with Gasteiger partial charge in [0.2, 0.25) is 5.91 Å². The van der Waals surface area contributed by atoms with Gasteiger partial charge in [0.15, 0.2) is 0 Å². The van der Waals surface area contributed by atoms with E-state index in [1.165, 1.54) is 5.56 Å². The highest BCUT2D eigenvalue weighted by atomic mass is 16.3. The summed E-state index contributed by atoms with van der Waals surface area (Å²) in [6.07, 6.45) is 0.706. The lowest BCUT2D eigenvalue weighted by Gasteiger charge is -2.39. The number of nitrogens with one attached hydrogen (secondary N) is 3. The molecule has 146 valence electrons. The molecule has 1 heterocycles. The lowest BCUT2D eigenvalue weighted by molar-refractivity contribution is -0.124. The van der Waals surface area contributed by atoms with Crippen molar-refractivity contribution in [3.63, 3.8) is 0 Å². The molecule has 2 rings (SSSR count). The zero-order chi connectivity index (χ0) is 19.4. The van der Waals surface area contributed by atoms with Crippen molar-refractivity contribution >= 4 is 5.91 Å². The second-order valence-corrected chi connectivity index (χ2v) is 8.80. The Morgan fingerprint density at radius 1 is 1.27 bits per heavy atom. The third-order valence-corrected chi connectivity index (χ3v) is 4.99. The predicted octanol–water partition coefficient (Wildman–Crippen LogP) is 2.25. The number of carbonyl (C=O) groups is 1. The summed E-state index contributed by atoms with van der Waals surface area (Å²) in [6.45, 7) is 12.2. The molecule has 1 unspecified atom stereocenters. The van der Waals surface area contributed by atoms with E-state index < -0.39 is 11.6 Å². The molecule has 2 atom stereocenters. The second kappa shape index (κ2) is 8.51. The third-order valence-electron chi connectivity index (χ3n) is 4.99. The normalized spacial score (nSPS) is 22.3. The van der Waals surface area contributed by atoms with Crippen LogP contribution in [0.25, 0.3) is 0 Å². The predicted molar refractivity (Wildman–Crippen MR) is 106 cm³/mol. The van der Waals surface area contributed by atoms with Crippen molar-refractivity contribution < 1.29 is 9.90 Å². The van der Waals surface area contributed by atoms with Crippen molar-refractivity contribution in [2.75, 3.05) is 19.6 Å². The standard InChI is InChI=1S/C21H35N3O2/c1-15(2)16-7-6-8-17(11-16)21(9-10-22-19(26)12-21)24-14-18(25)13-23-20(3,4)5/h6-8,11,15,18,23-25H,9-10,12-14H2,1-5H3,(H,22,26)/t18-,21?/m0/s1. The van der Waals surface area contributed by atoms with Crippen molar-refractivity contribution in [1.29, 1.82) is 0 Å². The Kier molecular flexibility index (Phi) is 6.83. The van der Waals surface area contributed by atoms with E-state index in [2.05, 4.69) is 74.8 Å². The lowest BCUT2D eigenvalue weighted by atomic mass is 9.79. The topological polar surface area (TPSA) is 73.4 Å². The molecule has 0 radical (unpaired) electrons.